The van der Waals surface area contributed by atoms with Crippen LogP contribution in [0.3, 0.4) is 0 Å². The van der Waals surface area contributed by atoms with Crippen molar-refractivity contribution in [1.29, 1.82) is 0 Å². The first-order valence-electron chi connectivity index (χ1n) is 7.93. The van der Waals surface area contributed by atoms with Gasteiger partial charge in [-0.05, 0) is 31.6 Å². The quantitative estimate of drug-likeness (QED) is 0.676. The highest BCUT2D eigenvalue weighted by atomic mass is 16.3. The zero-order valence-electron chi connectivity index (χ0n) is 12.1. The number of carbonyl (C=O) groups is 2. The molecule has 2 aliphatic carbocycles. The fourth-order valence-electron chi connectivity index (χ4n) is 3.28. The maximum Gasteiger partial charge on any atom is 0.309 e. The highest BCUT2D eigenvalue weighted by molar-refractivity contribution is 6.35. The molecule has 1 atom stereocenters. The molecule has 0 bridgehead atoms. The summed E-state index contributed by atoms with van der Waals surface area (Å²) in [7, 11) is 0. The van der Waals surface area contributed by atoms with Crippen molar-refractivity contribution in [3.8, 4) is 0 Å². The zero-order valence-corrected chi connectivity index (χ0v) is 12.1. The number of aliphatic hydroxyl groups excluding tert-OH is 1. The van der Waals surface area contributed by atoms with Gasteiger partial charge in [0, 0.05) is 12.6 Å². The summed E-state index contributed by atoms with van der Waals surface area (Å²) in [5.41, 5.74) is 0. The van der Waals surface area contributed by atoms with E-state index in [1.807, 2.05) is 0 Å². The molecule has 0 heterocycles. The first kappa shape index (κ1) is 15.3. The molecule has 2 rings (SSSR count). The van der Waals surface area contributed by atoms with E-state index in [4.69, 9.17) is 0 Å². The molecule has 0 aliphatic heterocycles. The maximum atomic E-state index is 11.7. The van der Waals surface area contributed by atoms with E-state index < -0.39 is 17.9 Å². The van der Waals surface area contributed by atoms with Gasteiger partial charge in [-0.1, -0.05) is 32.1 Å². The molecule has 0 aromatic rings. The summed E-state index contributed by atoms with van der Waals surface area (Å²) in [5.74, 6) is -0.915. The Hall–Kier alpha value is -1.10. The Kier molecular flexibility index (Phi) is 5.83. The van der Waals surface area contributed by atoms with Crippen LogP contribution in [0.2, 0.25) is 0 Å². The molecule has 2 saturated carbocycles. The maximum absolute atomic E-state index is 11.7. The average molecular weight is 282 g/mol. The van der Waals surface area contributed by atoms with Crippen LogP contribution in [-0.4, -0.2) is 35.6 Å². The van der Waals surface area contributed by atoms with Gasteiger partial charge in [0.1, 0.15) is 0 Å². The van der Waals surface area contributed by atoms with Crippen LogP contribution in [0.4, 0.5) is 0 Å². The lowest BCUT2D eigenvalue weighted by molar-refractivity contribution is -0.140. The minimum Gasteiger partial charge on any atom is -0.391 e. The summed E-state index contributed by atoms with van der Waals surface area (Å²) >= 11 is 0. The molecular weight excluding hydrogens is 256 g/mol. The number of amides is 2. The van der Waals surface area contributed by atoms with Gasteiger partial charge in [-0.3, -0.25) is 9.59 Å². The predicted molar refractivity (Wildman–Crippen MR) is 76.0 cm³/mol. The molecule has 0 radical (unpaired) electrons. The molecular formula is C15H26N2O3. The van der Waals surface area contributed by atoms with Gasteiger partial charge >= 0.3 is 11.8 Å². The third kappa shape index (κ3) is 4.47. The lowest BCUT2D eigenvalue weighted by atomic mass is 9.85. The Balaban J connectivity index is 1.66. The average Bonchev–Trinajstić information content (AvgIpc) is 2.98. The molecule has 5 heteroatoms. The van der Waals surface area contributed by atoms with E-state index in [0.717, 1.165) is 51.4 Å². The molecule has 2 fully saturated rings. The lowest BCUT2D eigenvalue weighted by Gasteiger charge is -2.26. The normalized spacial score (nSPS) is 22.4. The fourth-order valence-corrected chi connectivity index (χ4v) is 3.28. The first-order chi connectivity index (χ1) is 9.66. The van der Waals surface area contributed by atoms with Crippen LogP contribution >= 0.6 is 0 Å². The molecule has 20 heavy (non-hydrogen) atoms. The van der Waals surface area contributed by atoms with E-state index in [9.17, 15) is 14.7 Å². The highest BCUT2D eigenvalue weighted by Crippen LogP contribution is 2.26. The van der Waals surface area contributed by atoms with E-state index in [-0.39, 0.29) is 18.5 Å². The lowest BCUT2D eigenvalue weighted by Crippen LogP contribution is -2.46. The van der Waals surface area contributed by atoms with Gasteiger partial charge in [-0.25, -0.2) is 0 Å². The summed E-state index contributed by atoms with van der Waals surface area (Å²) in [4.78, 5) is 23.4. The molecule has 5 nitrogen and oxygen atoms in total. The van der Waals surface area contributed by atoms with Crippen LogP contribution in [-0.2, 0) is 9.59 Å². The molecule has 2 amide bonds. The second kappa shape index (κ2) is 7.62. The Bertz CT molecular complexity index is 334. The Labute approximate surface area is 120 Å². The number of aliphatic hydroxyl groups is 1. The van der Waals surface area contributed by atoms with Gasteiger partial charge in [0.05, 0.1) is 6.10 Å². The predicted octanol–water partition coefficient (Wildman–Crippen LogP) is 1.10. The fraction of sp³-hybridized carbons (Fsp3) is 0.867. The van der Waals surface area contributed by atoms with E-state index in [0.29, 0.717) is 0 Å². The SMILES string of the molecule is O=C(NCC(O)C1CCCCC1)C(=O)NC1CCCC1. The van der Waals surface area contributed by atoms with Gasteiger partial charge in [-0.2, -0.15) is 0 Å². The summed E-state index contributed by atoms with van der Waals surface area (Å²) < 4.78 is 0. The number of rotatable bonds is 4. The molecule has 0 aromatic heterocycles. The first-order valence-corrected chi connectivity index (χ1v) is 7.93. The summed E-state index contributed by atoms with van der Waals surface area (Å²) in [5, 5.41) is 15.3. The van der Waals surface area contributed by atoms with Gasteiger partial charge in [0.15, 0.2) is 0 Å². The largest absolute Gasteiger partial charge is 0.391 e. The van der Waals surface area contributed by atoms with Crippen molar-refractivity contribution < 1.29 is 14.7 Å². The third-order valence-corrected chi connectivity index (χ3v) is 4.56. The van der Waals surface area contributed by atoms with Crippen molar-refractivity contribution >= 4 is 11.8 Å². The van der Waals surface area contributed by atoms with Crippen molar-refractivity contribution in [2.24, 2.45) is 5.92 Å². The Morgan fingerprint density at radius 2 is 1.55 bits per heavy atom. The van der Waals surface area contributed by atoms with E-state index >= 15 is 0 Å². The molecule has 0 saturated heterocycles. The summed E-state index contributed by atoms with van der Waals surface area (Å²) in [6, 6.07) is 0.150. The van der Waals surface area contributed by atoms with Crippen LogP contribution < -0.4 is 10.6 Å². The van der Waals surface area contributed by atoms with Crippen molar-refractivity contribution in [3.05, 3.63) is 0 Å². The number of hydrogen-bond donors (Lipinski definition) is 3. The van der Waals surface area contributed by atoms with E-state index in [2.05, 4.69) is 10.6 Å². The molecule has 0 aromatic carbocycles. The van der Waals surface area contributed by atoms with Crippen molar-refractivity contribution in [2.45, 2.75) is 69.9 Å². The van der Waals surface area contributed by atoms with Crippen LogP contribution in [0, 0.1) is 5.92 Å². The third-order valence-electron chi connectivity index (χ3n) is 4.56. The van der Waals surface area contributed by atoms with Crippen molar-refractivity contribution in [2.75, 3.05) is 6.54 Å². The van der Waals surface area contributed by atoms with E-state index in [1.54, 1.807) is 0 Å². The number of hydrogen-bond acceptors (Lipinski definition) is 3. The van der Waals surface area contributed by atoms with Crippen molar-refractivity contribution in [1.82, 2.24) is 10.6 Å². The number of carbonyl (C=O) groups excluding carboxylic acids is 2. The van der Waals surface area contributed by atoms with Crippen LogP contribution in [0.5, 0.6) is 0 Å². The zero-order chi connectivity index (χ0) is 14.4. The second-order valence-corrected chi connectivity index (χ2v) is 6.13. The smallest absolute Gasteiger partial charge is 0.309 e. The van der Waals surface area contributed by atoms with Crippen molar-refractivity contribution in [3.63, 3.8) is 0 Å². The Morgan fingerprint density at radius 3 is 2.20 bits per heavy atom. The van der Waals surface area contributed by atoms with E-state index in [1.165, 1.54) is 6.42 Å². The van der Waals surface area contributed by atoms with Gasteiger partial charge in [0.25, 0.3) is 0 Å². The molecule has 114 valence electrons. The van der Waals surface area contributed by atoms with Gasteiger partial charge < -0.3 is 15.7 Å². The minimum atomic E-state index is -0.619. The van der Waals surface area contributed by atoms with Gasteiger partial charge in [-0.15, -0.1) is 0 Å². The van der Waals surface area contributed by atoms with Gasteiger partial charge in [0.2, 0.25) is 0 Å². The summed E-state index contributed by atoms with van der Waals surface area (Å²) in [6.45, 7) is 0.182. The standard InChI is InChI=1S/C15H26N2O3/c18-13(11-6-2-1-3-7-11)10-16-14(19)15(20)17-12-8-4-5-9-12/h11-13,18H,1-10H2,(H,16,19)(H,17,20). The second-order valence-electron chi connectivity index (χ2n) is 6.13. The minimum absolute atomic E-state index is 0.150. The molecule has 0 spiro atoms. The highest BCUT2D eigenvalue weighted by Gasteiger charge is 2.24. The monoisotopic (exact) mass is 282 g/mol. The molecule has 1 unspecified atom stereocenters. The molecule has 2 aliphatic rings. The molecule has 3 N–H and O–H groups in total. The number of nitrogens with one attached hydrogen (secondary N) is 2. The van der Waals surface area contributed by atoms with Crippen LogP contribution in [0.15, 0.2) is 0 Å². The van der Waals surface area contributed by atoms with Crippen LogP contribution in [0.25, 0.3) is 0 Å². The van der Waals surface area contributed by atoms with Crippen LogP contribution in [0.1, 0.15) is 57.8 Å². The Morgan fingerprint density at radius 1 is 0.950 bits per heavy atom. The summed E-state index contributed by atoms with van der Waals surface area (Å²) in [6.07, 6.45) is 9.21. The topological polar surface area (TPSA) is 78.4 Å².